The second kappa shape index (κ2) is 7.36. The average molecular weight is 284 g/mol. The van der Waals surface area contributed by atoms with E-state index in [2.05, 4.69) is 11.8 Å². The van der Waals surface area contributed by atoms with Crippen LogP contribution in [0.25, 0.3) is 0 Å². The molecule has 0 saturated heterocycles. The van der Waals surface area contributed by atoms with Crippen LogP contribution in [-0.2, 0) is 0 Å². The first-order valence-electron chi connectivity index (χ1n) is 6.44. The topological polar surface area (TPSA) is 49.6 Å². The van der Waals surface area contributed by atoms with Gasteiger partial charge in [-0.2, -0.15) is 0 Å². The SMILES string of the molecule is CCCN(CCN(C)C)C(=O)c1cc(N)ccc1Cl. The number of hydrogen-bond donors (Lipinski definition) is 1. The van der Waals surface area contributed by atoms with Gasteiger partial charge in [0.2, 0.25) is 0 Å². The molecule has 0 saturated carbocycles. The molecule has 1 aromatic rings. The first kappa shape index (κ1) is 15.8. The minimum atomic E-state index is -0.0546. The smallest absolute Gasteiger partial charge is 0.255 e. The summed E-state index contributed by atoms with van der Waals surface area (Å²) in [5, 5.41) is 0.449. The van der Waals surface area contributed by atoms with E-state index in [1.165, 1.54) is 0 Å². The first-order chi connectivity index (χ1) is 8.95. The van der Waals surface area contributed by atoms with Crippen molar-refractivity contribution in [2.24, 2.45) is 0 Å². The minimum Gasteiger partial charge on any atom is -0.399 e. The highest BCUT2D eigenvalue weighted by Crippen LogP contribution is 2.20. The fraction of sp³-hybridized carbons (Fsp3) is 0.500. The molecule has 0 aliphatic heterocycles. The van der Waals surface area contributed by atoms with Crippen LogP contribution in [0.5, 0.6) is 0 Å². The number of nitrogens with two attached hydrogens (primary N) is 1. The van der Waals surface area contributed by atoms with Crippen molar-refractivity contribution >= 4 is 23.2 Å². The molecule has 0 radical (unpaired) electrons. The van der Waals surface area contributed by atoms with E-state index < -0.39 is 0 Å². The fourth-order valence-electron chi connectivity index (χ4n) is 1.78. The Morgan fingerprint density at radius 3 is 2.53 bits per heavy atom. The van der Waals surface area contributed by atoms with Gasteiger partial charge < -0.3 is 15.5 Å². The summed E-state index contributed by atoms with van der Waals surface area (Å²) in [5.74, 6) is -0.0546. The molecule has 2 N–H and O–H groups in total. The number of carbonyl (C=O) groups is 1. The monoisotopic (exact) mass is 283 g/mol. The number of rotatable bonds is 6. The van der Waals surface area contributed by atoms with Gasteiger partial charge in [0.25, 0.3) is 5.91 Å². The molecule has 19 heavy (non-hydrogen) atoms. The third-order valence-electron chi connectivity index (χ3n) is 2.82. The van der Waals surface area contributed by atoms with Gasteiger partial charge in [0.15, 0.2) is 0 Å². The Balaban J connectivity index is 2.88. The van der Waals surface area contributed by atoms with Crippen molar-refractivity contribution in [3.05, 3.63) is 28.8 Å². The summed E-state index contributed by atoms with van der Waals surface area (Å²) in [4.78, 5) is 16.4. The summed E-state index contributed by atoms with van der Waals surface area (Å²) in [6, 6.07) is 5.01. The lowest BCUT2D eigenvalue weighted by atomic mass is 10.1. The average Bonchev–Trinajstić information content (AvgIpc) is 2.36. The summed E-state index contributed by atoms with van der Waals surface area (Å²) in [6.45, 7) is 4.28. The maximum Gasteiger partial charge on any atom is 0.255 e. The number of halogens is 1. The Hall–Kier alpha value is -1.26. The molecule has 0 spiro atoms. The number of hydrogen-bond acceptors (Lipinski definition) is 3. The molecule has 4 nitrogen and oxygen atoms in total. The van der Waals surface area contributed by atoms with Gasteiger partial charge in [-0.25, -0.2) is 0 Å². The lowest BCUT2D eigenvalue weighted by Gasteiger charge is -2.24. The van der Waals surface area contributed by atoms with Gasteiger partial charge in [-0.1, -0.05) is 18.5 Å². The van der Waals surface area contributed by atoms with E-state index in [1.54, 1.807) is 18.2 Å². The molecule has 0 unspecified atom stereocenters. The summed E-state index contributed by atoms with van der Waals surface area (Å²) in [6.07, 6.45) is 0.916. The maximum atomic E-state index is 12.5. The van der Waals surface area contributed by atoms with Crippen LogP contribution in [0.3, 0.4) is 0 Å². The molecule has 0 aromatic heterocycles. The van der Waals surface area contributed by atoms with Crippen molar-refractivity contribution in [1.82, 2.24) is 9.80 Å². The van der Waals surface area contributed by atoms with Crippen molar-refractivity contribution in [3.8, 4) is 0 Å². The third kappa shape index (κ3) is 4.73. The predicted molar refractivity (Wildman–Crippen MR) is 80.6 cm³/mol. The zero-order valence-corrected chi connectivity index (χ0v) is 12.6. The second-order valence-corrected chi connectivity index (χ2v) is 5.24. The van der Waals surface area contributed by atoms with E-state index in [0.717, 1.165) is 19.5 Å². The normalized spacial score (nSPS) is 10.8. The van der Waals surface area contributed by atoms with E-state index in [1.807, 2.05) is 19.0 Å². The molecule has 0 bridgehead atoms. The quantitative estimate of drug-likeness (QED) is 0.815. The molecule has 0 aliphatic rings. The summed E-state index contributed by atoms with van der Waals surface area (Å²) in [7, 11) is 3.98. The van der Waals surface area contributed by atoms with Crippen LogP contribution in [0.15, 0.2) is 18.2 Å². The Kier molecular flexibility index (Phi) is 6.12. The van der Waals surface area contributed by atoms with Crippen molar-refractivity contribution in [1.29, 1.82) is 0 Å². The number of amides is 1. The summed E-state index contributed by atoms with van der Waals surface area (Å²) < 4.78 is 0. The van der Waals surface area contributed by atoms with E-state index in [4.69, 9.17) is 17.3 Å². The molecular formula is C14H22ClN3O. The molecule has 1 amide bonds. The predicted octanol–water partition coefficient (Wildman–Crippen LogP) is 2.34. The van der Waals surface area contributed by atoms with Crippen molar-refractivity contribution < 1.29 is 4.79 Å². The van der Waals surface area contributed by atoms with Gasteiger partial charge in [0.1, 0.15) is 0 Å². The van der Waals surface area contributed by atoms with E-state index in [9.17, 15) is 4.79 Å². The van der Waals surface area contributed by atoms with Crippen molar-refractivity contribution in [3.63, 3.8) is 0 Å². The largest absolute Gasteiger partial charge is 0.399 e. The van der Waals surface area contributed by atoms with Gasteiger partial charge in [0, 0.05) is 25.3 Å². The number of likely N-dealkylation sites (N-methyl/N-ethyl adjacent to an activating group) is 1. The highest BCUT2D eigenvalue weighted by Gasteiger charge is 2.18. The van der Waals surface area contributed by atoms with Crippen LogP contribution >= 0.6 is 11.6 Å². The van der Waals surface area contributed by atoms with Crippen LogP contribution in [0.1, 0.15) is 23.7 Å². The van der Waals surface area contributed by atoms with Crippen molar-refractivity contribution in [2.45, 2.75) is 13.3 Å². The van der Waals surface area contributed by atoms with Gasteiger partial charge in [0.05, 0.1) is 10.6 Å². The zero-order chi connectivity index (χ0) is 14.4. The van der Waals surface area contributed by atoms with E-state index in [-0.39, 0.29) is 5.91 Å². The number of anilines is 1. The molecule has 0 heterocycles. The maximum absolute atomic E-state index is 12.5. The Morgan fingerprint density at radius 2 is 1.95 bits per heavy atom. The lowest BCUT2D eigenvalue weighted by Crippen LogP contribution is -2.37. The minimum absolute atomic E-state index is 0.0546. The molecule has 106 valence electrons. The molecule has 1 rings (SSSR count). The van der Waals surface area contributed by atoms with Crippen LogP contribution < -0.4 is 5.73 Å². The molecule has 0 fully saturated rings. The number of nitrogen functional groups attached to an aromatic ring is 1. The third-order valence-corrected chi connectivity index (χ3v) is 3.15. The van der Waals surface area contributed by atoms with Crippen LogP contribution in [0.2, 0.25) is 5.02 Å². The van der Waals surface area contributed by atoms with E-state index >= 15 is 0 Å². The van der Waals surface area contributed by atoms with Gasteiger partial charge in [-0.15, -0.1) is 0 Å². The Morgan fingerprint density at radius 1 is 1.26 bits per heavy atom. The van der Waals surface area contributed by atoms with Crippen molar-refractivity contribution in [2.75, 3.05) is 39.5 Å². The zero-order valence-electron chi connectivity index (χ0n) is 11.8. The fourth-order valence-corrected chi connectivity index (χ4v) is 1.98. The molecule has 5 heteroatoms. The second-order valence-electron chi connectivity index (χ2n) is 4.83. The standard InChI is InChI=1S/C14H22ClN3O/c1-4-7-18(9-8-17(2)3)14(19)12-10-11(16)5-6-13(12)15/h5-6,10H,4,7-9,16H2,1-3H3. The molecule has 1 aromatic carbocycles. The molecule has 0 atom stereocenters. The van der Waals surface area contributed by atoms with Gasteiger partial charge in [-0.05, 0) is 38.7 Å². The van der Waals surface area contributed by atoms with Crippen LogP contribution in [0.4, 0.5) is 5.69 Å². The Bertz CT molecular complexity index is 435. The highest BCUT2D eigenvalue weighted by atomic mass is 35.5. The van der Waals surface area contributed by atoms with Crippen LogP contribution in [0, 0.1) is 0 Å². The number of benzene rings is 1. The van der Waals surface area contributed by atoms with Gasteiger partial charge >= 0.3 is 0 Å². The highest BCUT2D eigenvalue weighted by molar-refractivity contribution is 6.34. The summed E-state index contributed by atoms with van der Waals surface area (Å²) >= 11 is 6.08. The van der Waals surface area contributed by atoms with E-state index in [0.29, 0.717) is 22.8 Å². The number of carbonyl (C=O) groups excluding carboxylic acids is 1. The lowest BCUT2D eigenvalue weighted by molar-refractivity contribution is 0.0745. The molecular weight excluding hydrogens is 262 g/mol. The van der Waals surface area contributed by atoms with Gasteiger partial charge in [-0.3, -0.25) is 4.79 Å². The Labute approximate surface area is 120 Å². The van der Waals surface area contributed by atoms with Crippen LogP contribution in [-0.4, -0.2) is 49.4 Å². The molecule has 0 aliphatic carbocycles. The summed E-state index contributed by atoms with van der Waals surface area (Å²) in [5.41, 5.74) is 6.76. The number of nitrogens with zero attached hydrogens (tertiary/aromatic N) is 2. The first-order valence-corrected chi connectivity index (χ1v) is 6.82.